The maximum Gasteiger partial charge on any atom is 0.260 e. The number of hydrogen-bond donors (Lipinski definition) is 2. The fraction of sp³-hybridized carbons (Fsp3) is 0.769. The Morgan fingerprint density at radius 3 is 2.60 bits per heavy atom. The van der Waals surface area contributed by atoms with Gasteiger partial charge in [0.2, 0.25) is 0 Å². The molecule has 0 aromatic carbocycles. The number of H-pyrrole nitrogens is 1. The number of nitrogens with zero attached hydrogens (tertiary/aromatic N) is 2. The lowest BCUT2D eigenvalue weighted by Gasteiger charge is -2.25. The van der Waals surface area contributed by atoms with Crippen LogP contribution in [0.3, 0.4) is 0 Å². The molecule has 20 heavy (non-hydrogen) atoms. The molecule has 0 aliphatic carbocycles. The maximum absolute atomic E-state index is 12.7. The predicted octanol–water partition coefficient (Wildman–Crippen LogP) is 1.72. The maximum atomic E-state index is 12.7. The van der Waals surface area contributed by atoms with Crippen molar-refractivity contribution in [2.75, 3.05) is 13.1 Å². The van der Waals surface area contributed by atoms with Gasteiger partial charge in [-0.3, -0.25) is 5.10 Å². The summed E-state index contributed by atoms with van der Waals surface area (Å²) in [7, 11) is -3.51. The topological polar surface area (TPSA) is 78.1 Å². The summed E-state index contributed by atoms with van der Waals surface area (Å²) in [5.74, 6) is 0. The second-order valence-electron chi connectivity index (χ2n) is 5.11. The van der Waals surface area contributed by atoms with E-state index < -0.39 is 10.0 Å². The molecule has 0 spiro atoms. The van der Waals surface area contributed by atoms with Gasteiger partial charge >= 0.3 is 0 Å². The van der Waals surface area contributed by atoms with Crippen LogP contribution in [0, 0.1) is 0 Å². The van der Waals surface area contributed by atoms with Gasteiger partial charge in [0.05, 0.1) is 6.20 Å². The largest absolute Gasteiger partial charge is 0.313 e. The van der Waals surface area contributed by atoms with Gasteiger partial charge in [0.25, 0.3) is 10.0 Å². The Balaban J connectivity index is 2.99. The Hall–Kier alpha value is -0.920. The first-order valence-electron chi connectivity index (χ1n) is 7.19. The van der Waals surface area contributed by atoms with E-state index in [1.165, 1.54) is 4.31 Å². The van der Waals surface area contributed by atoms with Gasteiger partial charge in [-0.1, -0.05) is 13.8 Å². The molecule has 0 aliphatic heterocycles. The number of hydrogen-bond acceptors (Lipinski definition) is 4. The highest BCUT2D eigenvalue weighted by atomic mass is 32.2. The summed E-state index contributed by atoms with van der Waals surface area (Å²) in [6, 6.07) is -0.0697. The molecule has 0 radical (unpaired) electrons. The zero-order chi connectivity index (χ0) is 15.2. The third-order valence-corrected chi connectivity index (χ3v) is 5.10. The highest BCUT2D eigenvalue weighted by Gasteiger charge is 2.29. The lowest BCUT2D eigenvalue weighted by molar-refractivity contribution is 0.352. The van der Waals surface area contributed by atoms with Crippen molar-refractivity contribution in [2.45, 2.75) is 58.1 Å². The second kappa shape index (κ2) is 7.75. The third kappa shape index (κ3) is 4.04. The van der Waals surface area contributed by atoms with Gasteiger partial charge < -0.3 is 5.32 Å². The SMILES string of the molecule is CCCNCc1cn[nH]c1S(=O)(=O)N(CCC)C(C)C. The smallest absolute Gasteiger partial charge is 0.260 e. The molecule has 7 heteroatoms. The summed E-state index contributed by atoms with van der Waals surface area (Å²) < 4.78 is 26.9. The molecule has 0 fully saturated rings. The third-order valence-electron chi connectivity index (χ3n) is 3.01. The average Bonchev–Trinajstić information content (AvgIpc) is 2.84. The van der Waals surface area contributed by atoms with Crippen molar-refractivity contribution < 1.29 is 8.42 Å². The summed E-state index contributed by atoms with van der Waals surface area (Å²) in [6.45, 7) is 9.70. The van der Waals surface area contributed by atoms with Crippen molar-refractivity contribution in [3.8, 4) is 0 Å². The van der Waals surface area contributed by atoms with Crippen LogP contribution in [0.1, 0.15) is 46.1 Å². The number of aromatic amines is 1. The van der Waals surface area contributed by atoms with Crippen LogP contribution in [0.25, 0.3) is 0 Å². The second-order valence-corrected chi connectivity index (χ2v) is 6.94. The van der Waals surface area contributed by atoms with Gasteiger partial charge in [0.15, 0.2) is 5.03 Å². The summed E-state index contributed by atoms with van der Waals surface area (Å²) >= 11 is 0. The van der Waals surface area contributed by atoms with Crippen LogP contribution in [-0.4, -0.2) is 42.1 Å². The molecule has 1 rings (SSSR count). The molecule has 0 atom stereocenters. The Labute approximate surface area is 122 Å². The van der Waals surface area contributed by atoms with Crippen molar-refractivity contribution in [3.63, 3.8) is 0 Å². The molecule has 0 aliphatic rings. The zero-order valence-electron chi connectivity index (χ0n) is 12.8. The highest BCUT2D eigenvalue weighted by Crippen LogP contribution is 2.20. The molecule has 0 saturated heterocycles. The van der Waals surface area contributed by atoms with E-state index in [1.54, 1.807) is 6.20 Å². The molecular weight excluding hydrogens is 276 g/mol. The minimum Gasteiger partial charge on any atom is -0.313 e. The quantitative estimate of drug-likeness (QED) is 0.681. The first-order chi connectivity index (χ1) is 9.45. The fourth-order valence-electron chi connectivity index (χ4n) is 2.04. The standard InChI is InChI=1S/C13H26N4O2S/c1-5-7-14-9-12-10-15-16-13(12)20(18,19)17(8-6-2)11(3)4/h10-11,14H,5-9H2,1-4H3,(H,15,16). The van der Waals surface area contributed by atoms with E-state index in [-0.39, 0.29) is 11.1 Å². The molecule has 1 aromatic rings. The van der Waals surface area contributed by atoms with E-state index in [9.17, 15) is 8.42 Å². The number of aromatic nitrogens is 2. The summed E-state index contributed by atoms with van der Waals surface area (Å²) in [6.07, 6.45) is 3.38. The van der Waals surface area contributed by atoms with E-state index in [4.69, 9.17) is 0 Å². The number of sulfonamides is 1. The molecule has 0 saturated carbocycles. The van der Waals surface area contributed by atoms with Gasteiger partial charge in [-0.05, 0) is 33.2 Å². The van der Waals surface area contributed by atoms with Gasteiger partial charge in [0.1, 0.15) is 0 Å². The zero-order valence-corrected chi connectivity index (χ0v) is 13.6. The predicted molar refractivity (Wildman–Crippen MR) is 79.9 cm³/mol. The van der Waals surface area contributed by atoms with Crippen molar-refractivity contribution in [2.24, 2.45) is 0 Å². The lowest BCUT2D eigenvalue weighted by atomic mass is 10.3. The summed E-state index contributed by atoms with van der Waals surface area (Å²) in [5, 5.41) is 9.96. The van der Waals surface area contributed by atoms with Crippen LogP contribution in [-0.2, 0) is 16.6 Å². The van der Waals surface area contributed by atoms with Gasteiger partial charge in [-0.2, -0.15) is 9.40 Å². The van der Waals surface area contributed by atoms with E-state index in [1.807, 2.05) is 20.8 Å². The van der Waals surface area contributed by atoms with E-state index >= 15 is 0 Å². The van der Waals surface area contributed by atoms with Gasteiger partial charge in [-0.15, -0.1) is 0 Å². The number of rotatable bonds is 9. The molecule has 6 nitrogen and oxygen atoms in total. The van der Waals surface area contributed by atoms with Crippen LogP contribution in [0.15, 0.2) is 11.2 Å². The normalized spacial score (nSPS) is 12.5. The van der Waals surface area contributed by atoms with Crippen molar-refractivity contribution >= 4 is 10.0 Å². The van der Waals surface area contributed by atoms with Gasteiger partial charge in [0, 0.05) is 24.7 Å². The first kappa shape index (κ1) is 17.1. The molecule has 2 N–H and O–H groups in total. The van der Waals surface area contributed by atoms with Gasteiger partial charge in [-0.25, -0.2) is 8.42 Å². The van der Waals surface area contributed by atoms with Crippen LogP contribution >= 0.6 is 0 Å². The monoisotopic (exact) mass is 302 g/mol. The molecule has 0 bridgehead atoms. The number of nitrogens with one attached hydrogen (secondary N) is 2. The Morgan fingerprint density at radius 2 is 2.05 bits per heavy atom. The lowest BCUT2D eigenvalue weighted by Crippen LogP contribution is -2.38. The van der Waals surface area contributed by atoms with Crippen molar-refractivity contribution in [1.29, 1.82) is 0 Å². The fourth-order valence-corrected chi connectivity index (χ4v) is 3.88. The van der Waals surface area contributed by atoms with Crippen LogP contribution in [0.2, 0.25) is 0 Å². The van der Waals surface area contributed by atoms with E-state index in [0.717, 1.165) is 19.4 Å². The van der Waals surface area contributed by atoms with Crippen LogP contribution in [0.5, 0.6) is 0 Å². The van der Waals surface area contributed by atoms with Crippen LogP contribution in [0.4, 0.5) is 0 Å². The van der Waals surface area contributed by atoms with E-state index in [0.29, 0.717) is 18.7 Å². The Morgan fingerprint density at radius 1 is 1.35 bits per heavy atom. The molecule has 1 aromatic heterocycles. The van der Waals surface area contributed by atoms with E-state index in [2.05, 4.69) is 22.4 Å². The van der Waals surface area contributed by atoms with Crippen molar-refractivity contribution in [3.05, 3.63) is 11.8 Å². The highest BCUT2D eigenvalue weighted by molar-refractivity contribution is 7.89. The average molecular weight is 302 g/mol. The molecule has 0 unspecified atom stereocenters. The summed E-state index contributed by atoms with van der Waals surface area (Å²) in [5.41, 5.74) is 0.695. The molecule has 116 valence electrons. The van der Waals surface area contributed by atoms with Crippen molar-refractivity contribution in [1.82, 2.24) is 19.8 Å². The Bertz CT molecular complexity index is 496. The molecular formula is C13H26N4O2S. The summed E-state index contributed by atoms with van der Waals surface area (Å²) in [4.78, 5) is 0. The molecule has 0 amide bonds. The Kier molecular flexibility index (Phi) is 6.64. The van der Waals surface area contributed by atoms with Crippen LogP contribution < -0.4 is 5.32 Å². The first-order valence-corrected chi connectivity index (χ1v) is 8.63. The minimum atomic E-state index is -3.51. The minimum absolute atomic E-state index is 0.0697. The molecule has 1 heterocycles.